The number of sulfone groups is 1. The normalized spacial score (nSPS) is 27.8. The number of amides is 1. The number of benzene rings is 1. The Morgan fingerprint density at radius 3 is 2.80 bits per heavy atom. The summed E-state index contributed by atoms with van der Waals surface area (Å²) in [6.45, 7) is 3.36. The largest absolute Gasteiger partial charge is 0.387 e. The molecule has 0 radical (unpaired) electrons. The Morgan fingerprint density at radius 2 is 2.10 bits per heavy atom. The zero-order valence-corrected chi connectivity index (χ0v) is 17.2. The van der Waals surface area contributed by atoms with Crippen molar-refractivity contribution in [1.82, 2.24) is 5.16 Å². The molecule has 11 heteroatoms. The summed E-state index contributed by atoms with van der Waals surface area (Å²) in [6, 6.07) is 5.35. The second-order valence-electron chi connectivity index (χ2n) is 7.77. The van der Waals surface area contributed by atoms with Crippen LogP contribution in [0.25, 0.3) is 0 Å². The molecule has 3 atom stereocenters. The summed E-state index contributed by atoms with van der Waals surface area (Å²) >= 11 is 0. The van der Waals surface area contributed by atoms with Crippen LogP contribution in [0.15, 0.2) is 33.8 Å². The van der Waals surface area contributed by atoms with Crippen molar-refractivity contribution in [2.24, 2.45) is 16.6 Å². The Balaban J connectivity index is 1.71. The molecule has 2 aromatic rings. The Kier molecular flexibility index (Phi) is 4.89. The fourth-order valence-corrected chi connectivity index (χ4v) is 6.13. The van der Waals surface area contributed by atoms with E-state index in [4.69, 9.17) is 15.0 Å². The molecule has 1 amide bonds. The van der Waals surface area contributed by atoms with Crippen molar-refractivity contribution in [2.75, 3.05) is 24.3 Å². The van der Waals surface area contributed by atoms with Crippen molar-refractivity contribution in [3.8, 4) is 0 Å². The number of nitrogens with two attached hydrogens (primary N) is 1. The van der Waals surface area contributed by atoms with Crippen molar-refractivity contribution < 1.29 is 26.9 Å². The van der Waals surface area contributed by atoms with Crippen LogP contribution in [-0.2, 0) is 20.1 Å². The lowest BCUT2D eigenvalue weighted by atomic mass is 9.93. The Hall–Kier alpha value is -2.79. The van der Waals surface area contributed by atoms with Crippen LogP contribution in [0.3, 0.4) is 0 Å². The molecule has 0 aliphatic carbocycles. The van der Waals surface area contributed by atoms with E-state index < -0.39 is 44.0 Å². The molecule has 0 spiro atoms. The summed E-state index contributed by atoms with van der Waals surface area (Å²) in [4.78, 5) is 16.8. The Labute approximate surface area is 172 Å². The van der Waals surface area contributed by atoms with Gasteiger partial charge in [0.2, 0.25) is 0 Å². The van der Waals surface area contributed by atoms with Crippen LogP contribution >= 0.6 is 0 Å². The first-order chi connectivity index (χ1) is 14.1. The molecular weight excluding hydrogens is 415 g/mol. The number of carbonyl (C=O) groups excluding carboxylic acids is 1. The number of nitrogens with zero attached hydrogens (tertiary/aromatic N) is 2. The second-order valence-corrected chi connectivity index (χ2v) is 9.99. The zero-order chi connectivity index (χ0) is 21.7. The first kappa shape index (κ1) is 20.5. The van der Waals surface area contributed by atoms with Crippen LogP contribution < -0.4 is 11.1 Å². The maximum atomic E-state index is 14.8. The van der Waals surface area contributed by atoms with Crippen LogP contribution in [0.1, 0.15) is 28.7 Å². The van der Waals surface area contributed by atoms with Gasteiger partial charge in [-0.2, -0.15) is 0 Å². The highest BCUT2D eigenvalue weighted by molar-refractivity contribution is 7.92. The minimum atomic E-state index is -3.67. The van der Waals surface area contributed by atoms with Crippen LogP contribution in [0.2, 0.25) is 0 Å². The van der Waals surface area contributed by atoms with E-state index in [0.29, 0.717) is 5.76 Å². The molecule has 160 valence electrons. The van der Waals surface area contributed by atoms with E-state index in [9.17, 15) is 17.6 Å². The summed E-state index contributed by atoms with van der Waals surface area (Å²) in [5.74, 6) is -1.59. The van der Waals surface area contributed by atoms with E-state index >= 15 is 0 Å². The van der Waals surface area contributed by atoms with E-state index in [0.717, 1.165) is 6.07 Å². The number of rotatable bonds is 3. The predicted octanol–water partition coefficient (Wildman–Crippen LogP) is 1.39. The highest BCUT2D eigenvalue weighted by atomic mass is 32.2. The lowest BCUT2D eigenvalue weighted by Crippen LogP contribution is -2.37. The molecular formula is C19H21FN4O5S. The average Bonchev–Trinajstić information content (AvgIpc) is 3.30. The number of aromatic nitrogens is 1. The lowest BCUT2D eigenvalue weighted by molar-refractivity contribution is 0.101. The average molecular weight is 436 g/mol. The number of aryl methyl sites for hydroxylation is 1. The SMILES string of the molecule is Cc1cc(C(=O)Nc2ccc(F)c([C@]3(C)CS(=O)(=O)C4COCC4C(N)=N3)c2)no1. The van der Waals surface area contributed by atoms with Gasteiger partial charge in [-0.25, -0.2) is 12.8 Å². The van der Waals surface area contributed by atoms with Gasteiger partial charge in [0.25, 0.3) is 5.91 Å². The van der Waals surface area contributed by atoms with E-state index in [1.807, 2.05) is 0 Å². The van der Waals surface area contributed by atoms with Gasteiger partial charge in [-0.05, 0) is 32.0 Å². The molecule has 9 nitrogen and oxygen atoms in total. The number of carbonyl (C=O) groups is 1. The van der Waals surface area contributed by atoms with Gasteiger partial charge < -0.3 is 20.3 Å². The second kappa shape index (κ2) is 7.17. The summed E-state index contributed by atoms with van der Waals surface area (Å²) in [5.41, 5.74) is 4.99. The maximum Gasteiger partial charge on any atom is 0.277 e. The number of nitrogens with one attached hydrogen (secondary N) is 1. The molecule has 0 saturated carbocycles. The molecule has 2 aliphatic rings. The molecule has 30 heavy (non-hydrogen) atoms. The topological polar surface area (TPSA) is 137 Å². The number of amidine groups is 1. The number of hydrogen-bond acceptors (Lipinski definition) is 8. The van der Waals surface area contributed by atoms with Crippen molar-refractivity contribution in [1.29, 1.82) is 0 Å². The number of anilines is 1. The van der Waals surface area contributed by atoms with Gasteiger partial charge >= 0.3 is 0 Å². The standard InChI is InChI=1S/C19H21FN4O5S/c1-10-5-15(24-29-10)18(25)22-11-3-4-14(20)13(6-11)19(2)9-30(26,27)16-8-28-7-12(16)17(21)23-19/h3-6,12,16H,7-9H2,1-2H3,(H2,21,23)(H,22,25)/t12?,16?,19-/m0/s1. The monoisotopic (exact) mass is 436 g/mol. The molecule has 3 heterocycles. The van der Waals surface area contributed by atoms with Crippen molar-refractivity contribution in [3.05, 3.63) is 47.1 Å². The van der Waals surface area contributed by atoms with Gasteiger partial charge in [-0.1, -0.05) is 5.16 Å². The minimum absolute atomic E-state index is 0.0176. The predicted molar refractivity (Wildman–Crippen MR) is 106 cm³/mol. The van der Waals surface area contributed by atoms with Gasteiger partial charge in [0.1, 0.15) is 23.0 Å². The maximum absolute atomic E-state index is 14.8. The van der Waals surface area contributed by atoms with Crippen LogP contribution in [-0.4, -0.2) is 49.5 Å². The summed E-state index contributed by atoms with van der Waals surface area (Å²) in [6.07, 6.45) is 0. The molecule has 0 bridgehead atoms. The van der Waals surface area contributed by atoms with Crippen molar-refractivity contribution >= 4 is 27.3 Å². The van der Waals surface area contributed by atoms with Gasteiger partial charge in [0, 0.05) is 17.3 Å². The highest BCUT2D eigenvalue weighted by Gasteiger charge is 2.48. The molecule has 1 fully saturated rings. The van der Waals surface area contributed by atoms with E-state index in [-0.39, 0.29) is 36.0 Å². The molecule has 1 saturated heterocycles. The number of hydrogen-bond donors (Lipinski definition) is 2. The van der Waals surface area contributed by atoms with E-state index in [1.165, 1.54) is 25.1 Å². The van der Waals surface area contributed by atoms with Gasteiger partial charge in [0.05, 0.1) is 30.1 Å². The van der Waals surface area contributed by atoms with Gasteiger partial charge in [-0.15, -0.1) is 0 Å². The number of aliphatic imine (C=N–C) groups is 1. The first-order valence-electron chi connectivity index (χ1n) is 9.28. The summed E-state index contributed by atoms with van der Waals surface area (Å²) in [7, 11) is -3.67. The van der Waals surface area contributed by atoms with Crippen molar-refractivity contribution in [2.45, 2.75) is 24.6 Å². The lowest BCUT2D eigenvalue weighted by Gasteiger charge is -2.26. The van der Waals surface area contributed by atoms with Crippen LogP contribution in [0.5, 0.6) is 0 Å². The fraction of sp³-hybridized carbons (Fsp3) is 0.421. The molecule has 1 aromatic heterocycles. The molecule has 4 rings (SSSR count). The third-order valence-electron chi connectivity index (χ3n) is 5.39. The minimum Gasteiger partial charge on any atom is -0.387 e. The smallest absolute Gasteiger partial charge is 0.277 e. The Bertz CT molecular complexity index is 1150. The zero-order valence-electron chi connectivity index (χ0n) is 16.4. The molecule has 1 aromatic carbocycles. The van der Waals surface area contributed by atoms with Crippen LogP contribution in [0, 0.1) is 18.7 Å². The highest BCUT2D eigenvalue weighted by Crippen LogP contribution is 2.37. The summed E-state index contributed by atoms with van der Waals surface area (Å²) < 4.78 is 50.9. The third kappa shape index (κ3) is 3.58. The van der Waals surface area contributed by atoms with E-state index in [1.54, 1.807) is 6.92 Å². The van der Waals surface area contributed by atoms with Crippen molar-refractivity contribution in [3.63, 3.8) is 0 Å². The van der Waals surface area contributed by atoms with Crippen LogP contribution in [0.4, 0.5) is 10.1 Å². The summed E-state index contributed by atoms with van der Waals surface area (Å²) in [5, 5.41) is 5.44. The number of halogens is 1. The Morgan fingerprint density at radius 1 is 1.33 bits per heavy atom. The third-order valence-corrected chi connectivity index (χ3v) is 7.74. The quantitative estimate of drug-likeness (QED) is 0.742. The van der Waals surface area contributed by atoms with E-state index in [2.05, 4.69) is 15.5 Å². The number of ether oxygens (including phenoxy) is 1. The fourth-order valence-electron chi connectivity index (χ4n) is 3.89. The molecule has 2 unspecified atom stereocenters. The van der Waals surface area contributed by atoms with Gasteiger partial charge in [-0.3, -0.25) is 9.79 Å². The van der Waals surface area contributed by atoms with Gasteiger partial charge in [0.15, 0.2) is 15.5 Å². The number of fused-ring (bicyclic) bond motifs is 1. The molecule has 2 aliphatic heterocycles. The molecule has 3 N–H and O–H groups in total. The first-order valence-corrected chi connectivity index (χ1v) is 11.0.